The van der Waals surface area contributed by atoms with Crippen molar-refractivity contribution < 1.29 is 4.39 Å². The Morgan fingerprint density at radius 1 is 1.03 bits per heavy atom. The van der Waals surface area contributed by atoms with Crippen LogP contribution < -0.4 is 11.3 Å². The molecule has 4 aromatic rings. The Labute approximate surface area is 202 Å². The largest absolute Gasteiger partial charge is 0.383 e. The minimum Gasteiger partial charge on any atom is -0.383 e. The number of nitrogens with two attached hydrogens (primary N) is 1. The van der Waals surface area contributed by atoms with Gasteiger partial charge in [-0.15, -0.1) is 5.92 Å². The first kappa shape index (κ1) is 22.3. The fourth-order valence-corrected chi connectivity index (χ4v) is 4.80. The molecule has 0 saturated carbocycles. The van der Waals surface area contributed by atoms with E-state index in [4.69, 9.17) is 10.7 Å². The molecular weight excluding hydrogens is 439 g/mol. The average Bonchev–Trinajstić information content (AvgIpc) is 3.17. The van der Waals surface area contributed by atoms with Crippen molar-refractivity contribution in [2.45, 2.75) is 19.4 Å². The number of fused-ring (bicyclic) bond motifs is 1. The van der Waals surface area contributed by atoms with Gasteiger partial charge in [0.2, 0.25) is 0 Å². The molecule has 1 aliphatic heterocycles. The maximum atomic E-state index is 15.0. The number of halogens is 1. The molecule has 1 aliphatic rings. The normalized spacial score (nSPS) is 16.3. The summed E-state index contributed by atoms with van der Waals surface area (Å²) in [6, 6.07) is 16.5. The van der Waals surface area contributed by atoms with Crippen LogP contribution in [0.15, 0.2) is 83.0 Å². The zero-order chi connectivity index (χ0) is 24.7. The summed E-state index contributed by atoms with van der Waals surface area (Å²) in [4.78, 5) is 21.7. The van der Waals surface area contributed by atoms with Gasteiger partial charge in [0.1, 0.15) is 17.2 Å². The Morgan fingerprint density at radius 3 is 2.60 bits per heavy atom. The highest BCUT2D eigenvalue weighted by atomic mass is 19.1. The lowest BCUT2D eigenvalue weighted by Gasteiger charge is -2.30. The predicted molar refractivity (Wildman–Crippen MR) is 136 cm³/mol. The van der Waals surface area contributed by atoms with Gasteiger partial charge in [-0.1, -0.05) is 36.3 Å². The van der Waals surface area contributed by atoms with Crippen molar-refractivity contribution in [1.29, 1.82) is 0 Å². The standard InChI is InChI=1S/C29H23FN4O/c1-4-7-19-13-21(16-32-15-19)20-8-5-9-22(14-20)29(23-12-18(2)28(35)34(3)17-23)24-10-6-11-25(30)26(24)27(31)33-29/h5-6,8-17H,1-3H3,(H2,31,33). The molecule has 5 rings (SSSR count). The summed E-state index contributed by atoms with van der Waals surface area (Å²) >= 11 is 0. The van der Waals surface area contributed by atoms with Crippen LogP contribution in [0, 0.1) is 24.6 Å². The van der Waals surface area contributed by atoms with Gasteiger partial charge in [-0.2, -0.15) is 0 Å². The van der Waals surface area contributed by atoms with Gasteiger partial charge in [-0.25, -0.2) is 9.38 Å². The van der Waals surface area contributed by atoms with Gasteiger partial charge in [0.15, 0.2) is 0 Å². The molecule has 2 aromatic heterocycles. The molecular formula is C29H23FN4O. The van der Waals surface area contributed by atoms with Gasteiger partial charge in [-0.05, 0) is 49.2 Å². The van der Waals surface area contributed by atoms with E-state index in [0.717, 1.165) is 27.8 Å². The second kappa shape index (κ2) is 8.37. The second-order valence-electron chi connectivity index (χ2n) is 8.62. The van der Waals surface area contributed by atoms with E-state index in [-0.39, 0.29) is 17.0 Å². The van der Waals surface area contributed by atoms with E-state index in [1.54, 1.807) is 45.6 Å². The Hall–Kier alpha value is -4.50. The van der Waals surface area contributed by atoms with Crippen LogP contribution in [0.1, 0.15) is 40.3 Å². The number of hydrogen-bond acceptors (Lipinski definition) is 4. The number of aryl methyl sites for hydroxylation is 2. The summed E-state index contributed by atoms with van der Waals surface area (Å²) in [6.45, 7) is 3.54. The summed E-state index contributed by atoms with van der Waals surface area (Å²) in [5.74, 6) is 5.63. The summed E-state index contributed by atoms with van der Waals surface area (Å²) in [5, 5.41) is 0. The third kappa shape index (κ3) is 3.53. The fraction of sp³-hybridized carbons (Fsp3) is 0.138. The zero-order valence-corrected chi connectivity index (χ0v) is 19.6. The number of hydrogen-bond donors (Lipinski definition) is 1. The topological polar surface area (TPSA) is 73.3 Å². The Bertz CT molecular complexity index is 1610. The van der Waals surface area contributed by atoms with Crippen molar-refractivity contribution >= 4 is 5.84 Å². The van der Waals surface area contributed by atoms with Crippen LogP contribution in [-0.4, -0.2) is 15.4 Å². The lowest BCUT2D eigenvalue weighted by molar-refractivity contribution is 0.613. The predicted octanol–water partition coefficient (Wildman–Crippen LogP) is 4.28. The molecule has 2 N–H and O–H groups in total. The highest BCUT2D eigenvalue weighted by Gasteiger charge is 2.44. The summed E-state index contributed by atoms with van der Waals surface area (Å²) in [7, 11) is 1.70. The van der Waals surface area contributed by atoms with Crippen molar-refractivity contribution in [1.82, 2.24) is 9.55 Å². The van der Waals surface area contributed by atoms with Crippen LogP contribution in [0.5, 0.6) is 0 Å². The van der Waals surface area contributed by atoms with Gasteiger partial charge in [-0.3, -0.25) is 9.78 Å². The third-order valence-electron chi connectivity index (χ3n) is 6.35. The van der Waals surface area contributed by atoms with Gasteiger partial charge < -0.3 is 10.3 Å². The van der Waals surface area contributed by atoms with Gasteiger partial charge in [0.25, 0.3) is 5.56 Å². The molecule has 1 unspecified atom stereocenters. The van der Waals surface area contributed by atoms with Crippen molar-refractivity contribution in [2.75, 3.05) is 0 Å². The second-order valence-corrected chi connectivity index (χ2v) is 8.62. The van der Waals surface area contributed by atoms with E-state index in [0.29, 0.717) is 11.1 Å². The zero-order valence-electron chi connectivity index (χ0n) is 19.6. The van der Waals surface area contributed by atoms with Crippen molar-refractivity contribution in [2.24, 2.45) is 17.8 Å². The van der Waals surface area contributed by atoms with E-state index in [1.165, 1.54) is 10.6 Å². The lowest BCUT2D eigenvalue weighted by Crippen LogP contribution is -2.29. The average molecular weight is 463 g/mol. The molecule has 35 heavy (non-hydrogen) atoms. The molecule has 0 bridgehead atoms. The molecule has 5 nitrogen and oxygen atoms in total. The number of aromatic nitrogens is 2. The maximum absolute atomic E-state index is 15.0. The molecule has 0 radical (unpaired) electrons. The molecule has 0 spiro atoms. The molecule has 0 amide bonds. The third-order valence-corrected chi connectivity index (χ3v) is 6.35. The van der Waals surface area contributed by atoms with E-state index < -0.39 is 11.4 Å². The van der Waals surface area contributed by atoms with E-state index in [2.05, 4.69) is 16.8 Å². The van der Waals surface area contributed by atoms with Crippen LogP contribution in [0.4, 0.5) is 4.39 Å². The molecule has 6 heteroatoms. The highest BCUT2D eigenvalue weighted by Crippen LogP contribution is 2.47. The molecule has 0 fully saturated rings. The lowest BCUT2D eigenvalue weighted by atomic mass is 9.77. The van der Waals surface area contributed by atoms with Gasteiger partial charge >= 0.3 is 0 Å². The smallest absolute Gasteiger partial charge is 0.253 e. The molecule has 0 aliphatic carbocycles. The van der Waals surface area contributed by atoms with Crippen molar-refractivity contribution in [3.05, 3.63) is 123 Å². The number of benzene rings is 2. The number of aliphatic imine (C=N–C) groups is 1. The maximum Gasteiger partial charge on any atom is 0.253 e. The first-order valence-corrected chi connectivity index (χ1v) is 11.2. The quantitative estimate of drug-likeness (QED) is 0.462. The minimum atomic E-state index is -1.12. The Morgan fingerprint density at radius 2 is 1.83 bits per heavy atom. The van der Waals surface area contributed by atoms with E-state index in [1.807, 2.05) is 42.5 Å². The fourth-order valence-electron chi connectivity index (χ4n) is 4.80. The van der Waals surface area contributed by atoms with Crippen LogP contribution in [0.3, 0.4) is 0 Å². The minimum absolute atomic E-state index is 0.105. The Balaban J connectivity index is 1.81. The summed E-state index contributed by atoms with van der Waals surface area (Å²) in [5.41, 5.74) is 10.7. The summed E-state index contributed by atoms with van der Waals surface area (Å²) < 4.78 is 16.5. The molecule has 3 heterocycles. The van der Waals surface area contributed by atoms with Crippen LogP contribution in [0.25, 0.3) is 11.1 Å². The molecule has 2 aromatic carbocycles. The highest BCUT2D eigenvalue weighted by molar-refractivity contribution is 6.03. The monoisotopic (exact) mass is 462 g/mol. The van der Waals surface area contributed by atoms with Crippen molar-refractivity contribution in [3.63, 3.8) is 0 Å². The van der Waals surface area contributed by atoms with E-state index in [9.17, 15) is 9.18 Å². The van der Waals surface area contributed by atoms with Crippen LogP contribution >= 0.6 is 0 Å². The van der Waals surface area contributed by atoms with Gasteiger partial charge in [0, 0.05) is 53.5 Å². The van der Waals surface area contributed by atoms with Gasteiger partial charge in [0.05, 0.1) is 5.56 Å². The van der Waals surface area contributed by atoms with E-state index >= 15 is 0 Å². The van der Waals surface area contributed by atoms with Crippen LogP contribution in [-0.2, 0) is 12.6 Å². The van der Waals surface area contributed by atoms with Crippen molar-refractivity contribution in [3.8, 4) is 23.0 Å². The number of pyridine rings is 2. The summed E-state index contributed by atoms with van der Waals surface area (Å²) in [6.07, 6.45) is 5.25. The Kier molecular flexibility index (Phi) is 5.33. The van der Waals surface area contributed by atoms with Crippen LogP contribution in [0.2, 0.25) is 0 Å². The number of nitrogens with zero attached hydrogens (tertiary/aromatic N) is 3. The number of amidine groups is 1. The molecule has 1 atom stereocenters. The molecule has 172 valence electrons. The molecule has 0 saturated heterocycles. The number of rotatable bonds is 3. The SMILES string of the molecule is CC#Cc1cncc(-c2cccc(C3(c4cc(C)c(=O)n(C)c4)N=C(N)c4c(F)cccc43)c2)c1. The first-order valence-electron chi connectivity index (χ1n) is 11.2. The first-order chi connectivity index (χ1) is 16.8.